The number of thiazole rings is 1. The number of sulfone groups is 1. The molecule has 0 atom stereocenters. The van der Waals surface area contributed by atoms with E-state index in [0.29, 0.717) is 19.0 Å². The fraction of sp³-hybridized carbons (Fsp3) is 0.667. The lowest BCUT2D eigenvalue weighted by atomic mass is 10.4. The van der Waals surface area contributed by atoms with Crippen LogP contribution in [0.3, 0.4) is 0 Å². The van der Waals surface area contributed by atoms with Crippen molar-refractivity contribution in [2.45, 2.75) is 27.3 Å². The first kappa shape index (κ1) is 16.9. The van der Waals surface area contributed by atoms with Crippen LogP contribution in [0.15, 0.2) is 4.99 Å². The molecule has 0 aliphatic carbocycles. The number of rotatable bonds is 6. The van der Waals surface area contributed by atoms with Gasteiger partial charge in [-0.05, 0) is 13.8 Å². The van der Waals surface area contributed by atoms with E-state index < -0.39 is 9.84 Å². The van der Waals surface area contributed by atoms with Gasteiger partial charge in [0.05, 0.1) is 18.0 Å². The highest BCUT2D eigenvalue weighted by atomic mass is 32.2. The van der Waals surface area contributed by atoms with E-state index in [4.69, 9.17) is 0 Å². The topological polar surface area (TPSA) is 83.5 Å². The summed E-state index contributed by atoms with van der Waals surface area (Å²) in [6, 6.07) is 0. The van der Waals surface area contributed by atoms with Gasteiger partial charge in [-0.15, -0.1) is 11.3 Å². The van der Waals surface area contributed by atoms with Crippen LogP contribution in [0.4, 0.5) is 0 Å². The predicted molar refractivity (Wildman–Crippen MR) is 84.1 cm³/mol. The maximum atomic E-state index is 11.4. The molecule has 0 saturated heterocycles. The Balaban J connectivity index is 2.41. The number of hydrogen-bond donors (Lipinski definition) is 2. The van der Waals surface area contributed by atoms with E-state index in [2.05, 4.69) is 20.6 Å². The summed E-state index contributed by atoms with van der Waals surface area (Å²) in [6.07, 6.45) is 0. The van der Waals surface area contributed by atoms with Gasteiger partial charge < -0.3 is 10.6 Å². The Bertz CT molecular complexity index is 545. The molecule has 0 aliphatic heterocycles. The highest BCUT2D eigenvalue weighted by Crippen LogP contribution is 2.15. The van der Waals surface area contributed by atoms with Crippen molar-refractivity contribution in [3.05, 3.63) is 15.6 Å². The van der Waals surface area contributed by atoms with Gasteiger partial charge in [0.25, 0.3) is 0 Å². The van der Waals surface area contributed by atoms with Crippen LogP contribution in [0.2, 0.25) is 0 Å². The number of aromatic nitrogens is 1. The molecule has 1 aromatic rings. The maximum absolute atomic E-state index is 11.4. The zero-order chi connectivity index (χ0) is 15.2. The molecule has 0 radical (unpaired) electrons. The van der Waals surface area contributed by atoms with Gasteiger partial charge in [-0.25, -0.2) is 13.4 Å². The van der Waals surface area contributed by atoms with Crippen molar-refractivity contribution < 1.29 is 8.42 Å². The molecule has 1 aromatic heterocycles. The Morgan fingerprint density at radius 3 is 2.55 bits per heavy atom. The first-order valence-electron chi connectivity index (χ1n) is 6.45. The summed E-state index contributed by atoms with van der Waals surface area (Å²) in [7, 11) is -1.29. The van der Waals surface area contributed by atoms with Crippen LogP contribution in [0.5, 0.6) is 0 Å². The summed E-state index contributed by atoms with van der Waals surface area (Å²) in [6.45, 7) is 6.61. The molecule has 0 aliphatic rings. The van der Waals surface area contributed by atoms with Crippen molar-refractivity contribution in [2.75, 3.05) is 25.1 Å². The number of nitrogens with zero attached hydrogens (tertiary/aromatic N) is 2. The summed E-state index contributed by atoms with van der Waals surface area (Å²) >= 11 is 1.65. The molecule has 0 fully saturated rings. The minimum absolute atomic E-state index is 0.111. The molecule has 8 heteroatoms. The van der Waals surface area contributed by atoms with Gasteiger partial charge >= 0.3 is 0 Å². The second kappa shape index (κ2) is 7.58. The molecule has 6 nitrogen and oxygen atoms in total. The summed E-state index contributed by atoms with van der Waals surface area (Å²) in [5.74, 6) is 0.861. The van der Waals surface area contributed by atoms with E-state index in [9.17, 15) is 8.42 Å². The van der Waals surface area contributed by atoms with E-state index in [1.54, 1.807) is 25.3 Å². The largest absolute Gasteiger partial charge is 0.355 e. The molecule has 0 amide bonds. The van der Waals surface area contributed by atoms with E-state index in [1.807, 2.05) is 13.8 Å². The average Bonchev–Trinajstić information content (AvgIpc) is 2.72. The number of aryl methyl sites for hydroxylation is 2. The van der Waals surface area contributed by atoms with Gasteiger partial charge in [0.2, 0.25) is 0 Å². The highest BCUT2D eigenvalue weighted by molar-refractivity contribution is 7.91. The third-order valence-corrected chi connectivity index (χ3v) is 5.63. The molecular formula is C12H22N4O2S2. The number of hydrogen-bond acceptors (Lipinski definition) is 5. The van der Waals surface area contributed by atoms with Crippen molar-refractivity contribution in [1.29, 1.82) is 0 Å². The van der Waals surface area contributed by atoms with Crippen LogP contribution in [-0.2, 0) is 16.4 Å². The third kappa shape index (κ3) is 5.46. The van der Waals surface area contributed by atoms with E-state index in [0.717, 1.165) is 10.7 Å². The smallest absolute Gasteiger partial charge is 0.191 e. The van der Waals surface area contributed by atoms with Crippen LogP contribution in [0, 0.1) is 13.8 Å². The second-order valence-electron chi connectivity index (χ2n) is 4.34. The van der Waals surface area contributed by atoms with Crippen molar-refractivity contribution in [2.24, 2.45) is 4.99 Å². The number of aliphatic imine (C=N–C) groups is 1. The molecule has 0 aromatic carbocycles. The van der Waals surface area contributed by atoms with Crippen LogP contribution < -0.4 is 10.6 Å². The lowest BCUT2D eigenvalue weighted by molar-refractivity contribution is 0.595. The van der Waals surface area contributed by atoms with Crippen LogP contribution in [-0.4, -0.2) is 44.5 Å². The normalized spacial score (nSPS) is 12.5. The Labute approximate surface area is 124 Å². The van der Waals surface area contributed by atoms with Crippen molar-refractivity contribution >= 4 is 27.1 Å². The monoisotopic (exact) mass is 318 g/mol. The van der Waals surface area contributed by atoms with Crippen molar-refractivity contribution in [1.82, 2.24) is 15.6 Å². The van der Waals surface area contributed by atoms with Gasteiger partial charge in [-0.3, -0.25) is 4.99 Å². The summed E-state index contributed by atoms with van der Waals surface area (Å²) in [4.78, 5) is 9.69. The third-order valence-electron chi connectivity index (χ3n) is 2.85. The Morgan fingerprint density at radius 2 is 2.05 bits per heavy atom. The minimum Gasteiger partial charge on any atom is -0.355 e. The number of guanidine groups is 1. The zero-order valence-corrected chi connectivity index (χ0v) is 14.0. The van der Waals surface area contributed by atoms with Gasteiger partial charge in [0.15, 0.2) is 15.8 Å². The Hall–Kier alpha value is -1.15. The van der Waals surface area contributed by atoms with Crippen LogP contribution in [0.1, 0.15) is 22.5 Å². The SMILES string of the molecule is CCS(=O)(=O)CCNC(=NC)NCc1nc(C)c(C)s1. The van der Waals surface area contributed by atoms with Gasteiger partial charge in [-0.2, -0.15) is 0 Å². The molecule has 1 rings (SSSR count). The molecule has 114 valence electrons. The summed E-state index contributed by atoms with van der Waals surface area (Å²) in [5, 5.41) is 7.10. The molecule has 0 spiro atoms. The molecule has 20 heavy (non-hydrogen) atoms. The zero-order valence-electron chi connectivity index (χ0n) is 12.4. The van der Waals surface area contributed by atoms with Crippen molar-refractivity contribution in [3.63, 3.8) is 0 Å². The quantitative estimate of drug-likeness (QED) is 0.600. The lowest BCUT2D eigenvalue weighted by Crippen LogP contribution is -2.39. The predicted octanol–water partition coefficient (Wildman–Crippen LogP) is 0.860. The molecule has 0 bridgehead atoms. The summed E-state index contributed by atoms with van der Waals surface area (Å²) < 4.78 is 22.8. The molecule has 0 saturated carbocycles. The summed E-state index contributed by atoms with van der Waals surface area (Å²) in [5.41, 5.74) is 1.05. The van der Waals surface area contributed by atoms with E-state index >= 15 is 0 Å². The van der Waals surface area contributed by atoms with E-state index in [1.165, 1.54) is 4.88 Å². The standard InChI is InChI=1S/C12H22N4O2S2/c1-5-20(17,18)7-6-14-12(13-4)15-8-11-16-9(2)10(3)19-11/h5-8H2,1-4H3,(H2,13,14,15). The maximum Gasteiger partial charge on any atom is 0.191 e. The second-order valence-corrected chi connectivity index (χ2v) is 8.10. The molecule has 0 unspecified atom stereocenters. The van der Waals surface area contributed by atoms with Crippen LogP contribution in [0.25, 0.3) is 0 Å². The van der Waals surface area contributed by atoms with E-state index in [-0.39, 0.29) is 11.5 Å². The van der Waals surface area contributed by atoms with Crippen molar-refractivity contribution in [3.8, 4) is 0 Å². The lowest BCUT2D eigenvalue weighted by Gasteiger charge is -2.10. The van der Waals surface area contributed by atoms with Crippen LogP contribution >= 0.6 is 11.3 Å². The average molecular weight is 318 g/mol. The first-order valence-corrected chi connectivity index (χ1v) is 9.09. The minimum atomic E-state index is -2.95. The van der Waals surface area contributed by atoms with Gasteiger partial charge in [0.1, 0.15) is 5.01 Å². The number of nitrogens with one attached hydrogen (secondary N) is 2. The Morgan fingerprint density at radius 1 is 1.35 bits per heavy atom. The molecule has 2 N–H and O–H groups in total. The molecule has 1 heterocycles. The fourth-order valence-electron chi connectivity index (χ4n) is 1.46. The van der Waals surface area contributed by atoms with Gasteiger partial charge in [0, 0.05) is 24.2 Å². The molecular weight excluding hydrogens is 296 g/mol. The first-order chi connectivity index (χ1) is 9.38. The Kier molecular flexibility index (Phi) is 6.41. The fourth-order valence-corrected chi connectivity index (χ4v) is 3.04. The highest BCUT2D eigenvalue weighted by Gasteiger charge is 2.08. The van der Waals surface area contributed by atoms with Gasteiger partial charge in [-0.1, -0.05) is 6.92 Å².